The van der Waals surface area contributed by atoms with Crippen LogP contribution in [-0.2, 0) is 6.61 Å². The lowest BCUT2D eigenvalue weighted by Gasteiger charge is -2.15. The molecule has 1 aromatic carbocycles. The first-order valence-electron chi connectivity index (χ1n) is 10.4. The van der Waals surface area contributed by atoms with Crippen LogP contribution in [0.1, 0.15) is 36.8 Å². The van der Waals surface area contributed by atoms with Crippen LogP contribution in [0.15, 0.2) is 70.2 Å². The average molecular weight is 509 g/mol. The highest BCUT2D eigenvalue weighted by Crippen LogP contribution is 2.26. The monoisotopic (exact) mass is 508 g/mol. The minimum atomic E-state index is -0.308. The minimum absolute atomic E-state index is 0.191. The van der Waals surface area contributed by atoms with Crippen molar-refractivity contribution in [3.63, 3.8) is 0 Å². The third-order valence-electron chi connectivity index (χ3n) is 5.06. The smallest absolute Gasteiger partial charge is 0.273 e. The van der Waals surface area contributed by atoms with Gasteiger partial charge in [-0.15, -0.1) is 0 Å². The van der Waals surface area contributed by atoms with E-state index < -0.39 is 0 Å². The van der Waals surface area contributed by atoms with E-state index in [1.165, 1.54) is 12.1 Å². The summed E-state index contributed by atoms with van der Waals surface area (Å²) in [4.78, 5) is 26.5. The van der Waals surface area contributed by atoms with Gasteiger partial charge in [-0.3, -0.25) is 14.3 Å². The van der Waals surface area contributed by atoms with Crippen molar-refractivity contribution in [3.05, 3.63) is 98.7 Å². The van der Waals surface area contributed by atoms with Crippen molar-refractivity contribution in [3.8, 4) is 22.8 Å². The zero-order valence-corrected chi connectivity index (χ0v) is 20.0. The van der Waals surface area contributed by atoms with Crippen molar-refractivity contribution in [2.45, 2.75) is 33.3 Å². The Morgan fingerprint density at radius 3 is 2.48 bits per heavy atom. The lowest BCUT2D eigenvalue weighted by Crippen LogP contribution is -2.22. The quantitative estimate of drug-likeness (QED) is 0.339. The van der Waals surface area contributed by atoms with E-state index in [0.717, 1.165) is 11.4 Å². The fourth-order valence-electron chi connectivity index (χ4n) is 3.34. The van der Waals surface area contributed by atoms with Gasteiger partial charge in [0.2, 0.25) is 0 Å². The Morgan fingerprint density at radius 2 is 1.76 bits per heavy atom. The lowest BCUT2D eigenvalue weighted by atomic mass is 10.2. The summed E-state index contributed by atoms with van der Waals surface area (Å²) in [6, 6.07) is 13.2. The summed E-state index contributed by atoms with van der Waals surface area (Å²) in [5, 5.41) is 0. The molecule has 33 heavy (non-hydrogen) atoms. The van der Waals surface area contributed by atoms with Gasteiger partial charge in [-0.1, -0.05) is 26.0 Å². The van der Waals surface area contributed by atoms with Crippen LogP contribution in [0.2, 0.25) is 0 Å². The Bertz CT molecular complexity index is 1350. The number of aryl methyl sites for hydroxylation is 1. The molecule has 0 amide bonds. The number of nitrogens with zero attached hydrogens (tertiary/aromatic N) is 4. The van der Waals surface area contributed by atoms with Crippen LogP contribution in [0, 0.1) is 12.7 Å². The van der Waals surface area contributed by atoms with E-state index in [1.807, 2.05) is 26.8 Å². The summed E-state index contributed by atoms with van der Waals surface area (Å²) < 4.78 is 20.8. The van der Waals surface area contributed by atoms with Gasteiger partial charge in [0.25, 0.3) is 5.56 Å². The summed E-state index contributed by atoms with van der Waals surface area (Å²) in [5.41, 5.74) is 3.25. The number of aromatic nitrogens is 4. The fraction of sp³-hybridized carbons (Fsp3) is 0.200. The molecule has 4 rings (SSSR count). The maximum Gasteiger partial charge on any atom is 0.273 e. The minimum Gasteiger partial charge on any atom is -0.487 e. The van der Waals surface area contributed by atoms with Crippen LogP contribution in [0.4, 0.5) is 4.39 Å². The molecular formula is C25H22BrFN4O2. The summed E-state index contributed by atoms with van der Waals surface area (Å²) in [5.74, 6) is 1.04. The topological polar surface area (TPSA) is 69.9 Å². The van der Waals surface area contributed by atoms with Crippen molar-refractivity contribution in [1.82, 2.24) is 19.5 Å². The molecule has 0 saturated carbocycles. The van der Waals surface area contributed by atoms with Gasteiger partial charge < -0.3 is 4.74 Å². The van der Waals surface area contributed by atoms with Crippen LogP contribution in [0.25, 0.3) is 17.1 Å². The van der Waals surface area contributed by atoms with E-state index >= 15 is 0 Å². The second-order valence-electron chi connectivity index (χ2n) is 7.87. The number of pyridine rings is 2. The Morgan fingerprint density at radius 1 is 1.03 bits per heavy atom. The Balaban J connectivity index is 1.66. The number of rotatable bonds is 6. The van der Waals surface area contributed by atoms with Crippen molar-refractivity contribution in [1.29, 1.82) is 0 Å². The molecule has 8 heteroatoms. The summed E-state index contributed by atoms with van der Waals surface area (Å²) in [7, 11) is 0. The van der Waals surface area contributed by atoms with Gasteiger partial charge in [0.05, 0.1) is 17.1 Å². The van der Waals surface area contributed by atoms with Gasteiger partial charge in [0, 0.05) is 30.1 Å². The summed E-state index contributed by atoms with van der Waals surface area (Å²) in [6.45, 7) is 6.11. The molecule has 0 bridgehead atoms. The van der Waals surface area contributed by atoms with Crippen molar-refractivity contribution in [2.24, 2.45) is 0 Å². The highest BCUT2D eigenvalue weighted by Gasteiger charge is 2.15. The molecule has 0 aliphatic rings. The molecule has 0 unspecified atom stereocenters. The number of hydrogen-bond acceptors (Lipinski definition) is 5. The first kappa shape index (κ1) is 22.8. The second-order valence-corrected chi connectivity index (χ2v) is 8.67. The van der Waals surface area contributed by atoms with Crippen molar-refractivity contribution in [2.75, 3.05) is 0 Å². The van der Waals surface area contributed by atoms with E-state index in [9.17, 15) is 9.18 Å². The summed E-state index contributed by atoms with van der Waals surface area (Å²) in [6.07, 6.45) is 3.37. The van der Waals surface area contributed by atoms with E-state index in [2.05, 4.69) is 30.9 Å². The van der Waals surface area contributed by atoms with Crippen LogP contribution in [0.3, 0.4) is 0 Å². The van der Waals surface area contributed by atoms with E-state index in [1.54, 1.807) is 47.3 Å². The maximum absolute atomic E-state index is 13.2. The lowest BCUT2D eigenvalue weighted by molar-refractivity contribution is 0.302. The molecule has 3 aromatic heterocycles. The van der Waals surface area contributed by atoms with E-state index in [-0.39, 0.29) is 23.9 Å². The number of benzene rings is 1. The van der Waals surface area contributed by atoms with Gasteiger partial charge in [0.1, 0.15) is 28.5 Å². The molecule has 0 atom stereocenters. The van der Waals surface area contributed by atoms with E-state index in [0.29, 0.717) is 33.0 Å². The van der Waals surface area contributed by atoms with Gasteiger partial charge in [-0.2, -0.15) is 0 Å². The standard InChI is InChI=1S/C25H22BrFN4O2/c1-15(2)24-29-11-9-20(30-24)21-13-19(8-10-28-21)31-16(3)12-22(23(26)25(31)32)33-14-17-4-6-18(27)7-5-17/h4-13,15H,14H2,1-3H3. The molecule has 0 N–H and O–H groups in total. The molecule has 0 saturated heterocycles. The zero-order chi connectivity index (χ0) is 23.5. The second kappa shape index (κ2) is 9.62. The average Bonchev–Trinajstić information content (AvgIpc) is 2.82. The number of hydrogen-bond donors (Lipinski definition) is 0. The van der Waals surface area contributed by atoms with Crippen LogP contribution in [-0.4, -0.2) is 19.5 Å². The first-order chi connectivity index (χ1) is 15.8. The SMILES string of the molecule is Cc1cc(OCc2ccc(F)cc2)c(Br)c(=O)n1-c1ccnc(-c2ccnc(C(C)C)n2)c1. The first-order valence-corrected chi connectivity index (χ1v) is 11.2. The van der Waals surface area contributed by atoms with Gasteiger partial charge >= 0.3 is 0 Å². The highest BCUT2D eigenvalue weighted by molar-refractivity contribution is 9.10. The zero-order valence-electron chi connectivity index (χ0n) is 18.4. The molecule has 0 spiro atoms. The molecule has 0 radical (unpaired) electrons. The van der Waals surface area contributed by atoms with Crippen LogP contribution >= 0.6 is 15.9 Å². The highest BCUT2D eigenvalue weighted by atomic mass is 79.9. The molecular weight excluding hydrogens is 487 g/mol. The van der Waals surface area contributed by atoms with Crippen molar-refractivity contribution >= 4 is 15.9 Å². The van der Waals surface area contributed by atoms with Crippen LogP contribution < -0.4 is 10.3 Å². The Kier molecular flexibility index (Phi) is 6.65. The molecule has 168 valence electrons. The van der Waals surface area contributed by atoms with Gasteiger partial charge in [-0.05, 0) is 58.7 Å². The van der Waals surface area contributed by atoms with Crippen LogP contribution in [0.5, 0.6) is 5.75 Å². The molecule has 0 aliphatic heterocycles. The largest absolute Gasteiger partial charge is 0.487 e. The Labute approximate surface area is 199 Å². The maximum atomic E-state index is 13.2. The van der Waals surface area contributed by atoms with Gasteiger partial charge in [0.15, 0.2) is 0 Å². The molecule has 3 heterocycles. The van der Waals surface area contributed by atoms with Crippen molar-refractivity contribution < 1.29 is 9.13 Å². The predicted octanol–water partition coefficient (Wildman–Crippen LogP) is 5.60. The molecule has 4 aromatic rings. The third kappa shape index (κ3) is 5.01. The molecule has 6 nitrogen and oxygen atoms in total. The number of ether oxygens (including phenoxy) is 1. The fourth-order valence-corrected chi connectivity index (χ4v) is 3.75. The molecule has 0 fully saturated rings. The number of halogens is 2. The normalized spacial score (nSPS) is 11.1. The predicted molar refractivity (Wildman–Crippen MR) is 128 cm³/mol. The molecule has 0 aliphatic carbocycles. The Hall–Kier alpha value is -3.39. The summed E-state index contributed by atoms with van der Waals surface area (Å²) >= 11 is 3.38. The van der Waals surface area contributed by atoms with Gasteiger partial charge in [-0.25, -0.2) is 14.4 Å². The third-order valence-corrected chi connectivity index (χ3v) is 5.79. The van der Waals surface area contributed by atoms with E-state index in [4.69, 9.17) is 4.74 Å².